The molecule has 2 aliphatic rings. The Morgan fingerprint density at radius 3 is 2.53 bits per heavy atom. The number of benzene rings is 3. The van der Waals surface area contributed by atoms with E-state index in [1.54, 1.807) is 30.6 Å². The van der Waals surface area contributed by atoms with E-state index in [0.717, 1.165) is 55.1 Å². The number of amides is 1. The Kier molecular flexibility index (Phi) is 11.5. The smallest absolute Gasteiger partial charge is 0.293 e. The molecule has 294 valence electrons. The first-order valence-electron chi connectivity index (χ1n) is 18.4. The molecule has 0 aliphatic carbocycles. The molecule has 0 bridgehead atoms. The number of aromatic amines is 1. The van der Waals surface area contributed by atoms with Gasteiger partial charge in [-0.1, -0.05) is 43.8 Å². The number of carbonyl (C=O) groups excluding carboxylic acids is 1. The minimum absolute atomic E-state index is 0. The Morgan fingerprint density at radius 1 is 0.947 bits per heavy atom. The van der Waals surface area contributed by atoms with E-state index < -0.39 is 31.4 Å². The molecule has 8 rings (SSSR count). The Bertz CT molecular complexity index is 2490. The maximum Gasteiger partial charge on any atom is 0.293 e. The average Bonchev–Trinajstić information content (AvgIpc) is 3.91. The molecule has 1 atom stereocenters. The van der Waals surface area contributed by atoms with E-state index in [-0.39, 0.29) is 36.4 Å². The average molecular weight is 790 g/mol. The zero-order valence-corrected chi connectivity index (χ0v) is 31.1. The molecule has 3 aromatic carbocycles. The molecule has 0 saturated carbocycles. The van der Waals surface area contributed by atoms with Crippen LogP contribution in [0.15, 0.2) is 114 Å². The number of nitro benzene ring substituents is 1. The summed E-state index contributed by atoms with van der Waals surface area (Å²) in [5.74, 6) is 0.527. The Morgan fingerprint density at radius 2 is 1.75 bits per heavy atom. The van der Waals surface area contributed by atoms with Crippen LogP contribution in [0.25, 0.3) is 22.2 Å². The number of hydrogen-bond acceptors (Lipinski definition) is 11. The number of sulfonamides is 1. The van der Waals surface area contributed by atoms with Crippen molar-refractivity contribution in [2.24, 2.45) is 5.92 Å². The summed E-state index contributed by atoms with van der Waals surface area (Å²) >= 11 is 0. The van der Waals surface area contributed by atoms with Crippen LogP contribution >= 0.6 is 0 Å². The van der Waals surface area contributed by atoms with E-state index >= 15 is 0 Å². The van der Waals surface area contributed by atoms with Crippen molar-refractivity contribution < 1.29 is 27.6 Å². The van der Waals surface area contributed by atoms with E-state index in [0.29, 0.717) is 36.7 Å². The summed E-state index contributed by atoms with van der Waals surface area (Å²) in [4.78, 5) is 39.3. The number of aromatic nitrogens is 3. The number of anilines is 2. The summed E-state index contributed by atoms with van der Waals surface area (Å²) in [6.45, 7) is 2.62. The van der Waals surface area contributed by atoms with Crippen molar-refractivity contribution in [2.75, 3.05) is 36.5 Å². The van der Waals surface area contributed by atoms with Gasteiger partial charge in [0.25, 0.3) is 21.6 Å². The molecule has 1 amide bonds. The number of hydrogen-bond donors (Lipinski definition) is 3. The quantitative estimate of drug-likeness (QED) is 0.0802. The van der Waals surface area contributed by atoms with Crippen LogP contribution in [0.2, 0.25) is 0 Å². The third-order valence-corrected chi connectivity index (χ3v) is 11.6. The van der Waals surface area contributed by atoms with Gasteiger partial charge in [-0.05, 0) is 91.3 Å². The number of fused-ring (bicyclic) bond motifs is 1. The Balaban J connectivity index is 0.00000496. The fraction of sp³-hybridized carbons (Fsp3) is 0.262. The summed E-state index contributed by atoms with van der Waals surface area (Å²) in [7, 11) is -4.56. The maximum absolute atomic E-state index is 13.8. The standard InChI is InChI=1S/C41H39N7O7S.CH4/c49-41(46-56(52,53)33-10-12-35(37(23-33)48(50)51)43-24-27-15-19-54-20-16-27)34-11-8-29(22-38(34)55-32-21-30-14-17-42-40(30)45-26-32)31-9-13-39(44-25-31)47-18-4-7-36(47)28-5-2-1-3-6-28;/h1-3,5-6,8-14,17,21-23,25-27,36,43H,4,7,15-16,18-20,24H2,(H,42,45)(H,46,49);1H4. The number of carbonyl (C=O) groups is 1. The minimum atomic E-state index is -4.56. The first kappa shape index (κ1) is 38.9. The van der Waals surface area contributed by atoms with Crippen LogP contribution in [0.5, 0.6) is 11.5 Å². The second-order valence-corrected chi connectivity index (χ2v) is 15.6. The molecule has 3 aromatic heterocycles. The molecule has 0 radical (unpaired) electrons. The number of ether oxygens (including phenoxy) is 2. The van der Waals surface area contributed by atoms with Crippen LogP contribution < -0.4 is 19.7 Å². The molecule has 2 fully saturated rings. The first-order chi connectivity index (χ1) is 27.2. The van der Waals surface area contributed by atoms with Crippen molar-refractivity contribution in [3.8, 4) is 22.6 Å². The predicted molar refractivity (Wildman–Crippen MR) is 218 cm³/mol. The lowest BCUT2D eigenvalue weighted by atomic mass is 10.0. The summed E-state index contributed by atoms with van der Waals surface area (Å²) in [5, 5.41) is 15.9. The monoisotopic (exact) mass is 789 g/mol. The second kappa shape index (κ2) is 16.8. The lowest BCUT2D eigenvalue weighted by Crippen LogP contribution is -2.31. The van der Waals surface area contributed by atoms with Crippen LogP contribution in [0.1, 0.15) is 55.1 Å². The molecule has 2 saturated heterocycles. The van der Waals surface area contributed by atoms with Gasteiger partial charge in [0.2, 0.25) is 0 Å². The van der Waals surface area contributed by atoms with Crippen LogP contribution in [-0.4, -0.2) is 60.5 Å². The van der Waals surface area contributed by atoms with Gasteiger partial charge in [0.15, 0.2) is 0 Å². The molecule has 57 heavy (non-hydrogen) atoms. The maximum atomic E-state index is 13.8. The van der Waals surface area contributed by atoms with E-state index in [9.17, 15) is 23.3 Å². The van der Waals surface area contributed by atoms with Gasteiger partial charge in [0.1, 0.15) is 28.7 Å². The number of H-pyrrole nitrogens is 1. The van der Waals surface area contributed by atoms with E-state index in [1.807, 2.05) is 36.4 Å². The van der Waals surface area contributed by atoms with Crippen LogP contribution in [0, 0.1) is 16.0 Å². The fourth-order valence-corrected chi connectivity index (χ4v) is 8.27. The predicted octanol–water partition coefficient (Wildman–Crippen LogP) is 8.26. The van der Waals surface area contributed by atoms with E-state index in [4.69, 9.17) is 14.5 Å². The molecule has 1 unspecified atom stereocenters. The second-order valence-electron chi connectivity index (χ2n) is 13.9. The number of nitro groups is 1. The molecule has 3 N–H and O–H groups in total. The van der Waals surface area contributed by atoms with Gasteiger partial charge in [0, 0.05) is 55.7 Å². The van der Waals surface area contributed by atoms with Crippen LogP contribution in [-0.2, 0) is 14.8 Å². The highest BCUT2D eigenvalue weighted by Crippen LogP contribution is 2.37. The van der Waals surface area contributed by atoms with Crippen molar-refractivity contribution in [1.82, 2.24) is 19.7 Å². The Hall–Kier alpha value is -6.32. The van der Waals surface area contributed by atoms with Gasteiger partial charge in [0.05, 0.1) is 27.6 Å². The Labute approximate surface area is 330 Å². The van der Waals surface area contributed by atoms with Gasteiger partial charge < -0.3 is 24.7 Å². The van der Waals surface area contributed by atoms with Crippen molar-refractivity contribution in [3.63, 3.8) is 0 Å². The van der Waals surface area contributed by atoms with Crippen molar-refractivity contribution in [2.45, 2.75) is 44.0 Å². The van der Waals surface area contributed by atoms with Crippen molar-refractivity contribution >= 4 is 44.2 Å². The lowest BCUT2D eigenvalue weighted by molar-refractivity contribution is -0.384. The SMILES string of the molecule is C.O=C(NS(=O)(=O)c1ccc(NCC2CCOCC2)c([N+](=O)[O-])c1)c1ccc(-c2ccc(N3CCCC3c3ccccc3)nc2)cc1Oc1cnc2[nH]ccc2c1. The number of nitrogens with zero attached hydrogens (tertiary/aromatic N) is 4. The minimum Gasteiger partial charge on any atom is -0.455 e. The van der Waals surface area contributed by atoms with E-state index in [1.165, 1.54) is 30.0 Å². The highest BCUT2D eigenvalue weighted by atomic mass is 32.2. The normalized spacial score (nSPS) is 15.9. The highest BCUT2D eigenvalue weighted by molar-refractivity contribution is 7.90. The molecule has 0 spiro atoms. The van der Waals surface area contributed by atoms with E-state index in [2.05, 4.69) is 37.0 Å². The molecule has 6 aromatic rings. The lowest BCUT2D eigenvalue weighted by Gasteiger charge is -2.26. The summed E-state index contributed by atoms with van der Waals surface area (Å²) in [6, 6.07) is 26.4. The summed E-state index contributed by atoms with van der Waals surface area (Å²) in [6.07, 6.45) is 8.74. The molecule has 5 heterocycles. The zero-order chi connectivity index (χ0) is 38.6. The van der Waals surface area contributed by atoms with Gasteiger partial charge >= 0.3 is 0 Å². The number of rotatable bonds is 12. The highest BCUT2D eigenvalue weighted by Gasteiger charge is 2.28. The largest absolute Gasteiger partial charge is 0.455 e. The molecule has 2 aliphatic heterocycles. The van der Waals surface area contributed by atoms with Gasteiger partial charge in [-0.15, -0.1) is 0 Å². The number of pyridine rings is 2. The summed E-state index contributed by atoms with van der Waals surface area (Å²) < 4.78 is 40.9. The molecule has 14 nitrogen and oxygen atoms in total. The zero-order valence-electron chi connectivity index (χ0n) is 30.3. The van der Waals surface area contributed by atoms with Gasteiger partial charge in [-0.3, -0.25) is 14.9 Å². The molecular weight excluding hydrogens is 747 g/mol. The molecular formula is C42H43N7O7S. The fourth-order valence-electron chi connectivity index (χ4n) is 7.29. The number of nitrogens with one attached hydrogen (secondary N) is 3. The van der Waals surface area contributed by atoms with Gasteiger partial charge in [-0.25, -0.2) is 23.1 Å². The third kappa shape index (κ3) is 8.59. The first-order valence-corrected chi connectivity index (χ1v) is 19.9. The molecule has 15 heteroatoms. The van der Waals surface area contributed by atoms with Crippen LogP contribution in [0.3, 0.4) is 0 Å². The third-order valence-electron chi connectivity index (χ3n) is 10.3. The van der Waals surface area contributed by atoms with Crippen molar-refractivity contribution in [1.29, 1.82) is 0 Å². The van der Waals surface area contributed by atoms with Crippen molar-refractivity contribution in [3.05, 3.63) is 131 Å². The van der Waals surface area contributed by atoms with Crippen LogP contribution in [0.4, 0.5) is 17.2 Å². The summed E-state index contributed by atoms with van der Waals surface area (Å²) in [5.41, 5.74) is 3.00. The topological polar surface area (TPSA) is 182 Å². The van der Waals surface area contributed by atoms with Gasteiger partial charge in [-0.2, -0.15) is 0 Å².